The molecule has 28 heavy (non-hydrogen) atoms. The molecule has 2 aromatic carbocycles. The van der Waals surface area contributed by atoms with Crippen molar-refractivity contribution in [3.8, 4) is 0 Å². The Bertz CT molecular complexity index is 875. The van der Waals surface area contributed by atoms with Gasteiger partial charge in [0.25, 0.3) is 5.91 Å². The summed E-state index contributed by atoms with van der Waals surface area (Å²) < 4.78 is 39.3. The topological polar surface area (TPSA) is 44.4 Å². The first-order chi connectivity index (χ1) is 13.4. The second kappa shape index (κ2) is 7.39. The average Bonchev–Trinajstić information content (AvgIpc) is 3.10. The zero-order chi connectivity index (χ0) is 19.9. The van der Waals surface area contributed by atoms with Crippen molar-refractivity contribution in [3.63, 3.8) is 0 Å². The zero-order valence-corrected chi connectivity index (χ0v) is 15.6. The molecule has 3 atom stereocenters. The molecular weight excluding hydrogens is 391 g/mol. The van der Waals surface area contributed by atoms with Gasteiger partial charge < -0.3 is 4.90 Å². The van der Waals surface area contributed by atoms with Crippen LogP contribution < -0.4 is 10.9 Å². The first-order valence-corrected chi connectivity index (χ1v) is 9.45. The van der Waals surface area contributed by atoms with Crippen LogP contribution in [0.5, 0.6) is 0 Å². The summed E-state index contributed by atoms with van der Waals surface area (Å²) in [5.41, 5.74) is 6.60. The van der Waals surface area contributed by atoms with E-state index < -0.39 is 22.7 Å². The lowest BCUT2D eigenvalue weighted by Crippen LogP contribution is -2.49. The lowest BCUT2D eigenvalue weighted by atomic mass is 9.84. The van der Waals surface area contributed by atoms with Crippen molar-refractivity contribution >= 4 is 17.5 Å². The number of piperidine rings is 1. The number of likely N-dealkylation sites (tertiary alicyclic amines) is 1. The molecule has 0 aliphatic carbocycles. The molecule has 0 saturated carbocycles. The molecule has 2 aliphatic heterocycles. The maximum atomic E-state index is 13.1. The number of fused-ring (bicyclic) bond motifs is 1. The monoisotopic (exact) mass is 409 g/mol. The number of carbonyl (C=O) groups excluding carboxylic acids is 1. The highest BCUT2D eigenvalue weighted by Gasteiger charge is 2.42. The lowest BCUT2D eigenvalue weighted by molar-refractivity contribution is -0.137. The second-order valence-corrected chi connectivity index (χ2v) is 7.53. The second-order valence-electron chi connectivity index (χ2n) is 7.15. The van der Waals surface area contributed by atoms with E-state index in [1.807, 2.05) is 18.2 Å². The number of rotatable bonds is 2. The van der Waals surface area contributed by atoms with Crippen molar-refractivity contribution in [1.82, 2.24) is 15.8 Å². The molecule has 0 spiro atoms. The predicted octanol–water partition coefficient (Wildman–Crippen LogP) is 4.04. The van der Waals surface area contributed by atoms with E-state index in [4.69, 9.17) is 11.6 Å². The van der Waals surface area contributed by atoms with Gasteiger partial charge in [0.05, 0.1) is 22.2 Å². The number of benzene rings is 2. The number of amides is 1. The number of alkyl halides is 3. The lowest BCUT2D eigenvalue weighted by Gasteiger charge is -2.36. The van der Waals surface area contributed by atoms with Gasteiger partial charge in [-0.15, -0.1) is 0 Å². The van der Waals surface area contributed by atoms with Gasteiger partial charge in [-0.2, -0.15) is 13.2 Å². The summed E-state index contributed by atoms with van der Waals surface area (Å²) in [4.78, 5) is 14.4. The van der Waals surface area contributed by atoms with Crippen LogP contribution in [0.3, 0.4) is 0 Å². The molecule has 2 aromatic rings. The van der Waals surface area contributed by atoms with Crippen molar-refractivity contribution in [1.29, 1.82) is 0 Å². The molecule has 2 heterocycles. The van der Waals surface area contributed by atoms with Gasteiger partial charge in [-0.05, 0) is 30.0 Å². The highest BCUT2D eigenvalue weighted by molar-refractivity contribution is 6.34. The summed E-state index contributed by atoms with van der Waals surface area (Å²) in [5, 5.41) is -0.540. The Morgan fingerprint density at radius 3 is 2.54 bits per heavy atom. The number of hydrazine groups is 1. The molecule has 4 rings (SSSR count). The van der Waals surface area contributed by atoms with Crippen LogP contribution in [0.2, 0.25) is 5.02 Å². The molecule has 0 aromatic heterocycles. The first-order valence-electron chi connectivity index (χ1n) is 9.07. The van der Waals surface area contributed by atoms with E-state index >= 15 is 0 Å². The van der Waals surface area contributed by atoms with E-state index in [1.165, 1.54) is 17.7 Å². The number of nitrogens with zero attached hydrogens (tertiary/aromatic N) is 1. The van der Waals surface area contributed by atoms with Gasteiger partial charge in [0.15, 0.2) is 0 Å². The standard InChI is InChI=1S/C20H19ClF3N3O/c21-17-14(7-4-8-15(17)20(22,23)24)19(28)27-10-9-13-16(11-27)25-26-18(13)12-5-2-1-3-6-12/h1-8,13,16,18,25-26H,9-11H2. The van der Waals surface area contributed by atoms with Crippen LogP contribution in [-0.4, -0.2) is 29.9 Å². The van der Waals surface area contributed by atoms with Crippen LogP contribution in [-0.2, 0) is 6.18 Å². The summed E-state index contributed by atoms with van der Waals surface area (Å²) in [5.74, 6) is -0.178. The molecule has 2 N–H and O–H groups in total. The summed E-state index contributed by atoms with van der Waals surface area (Å²) in [6.07, 6.45) is -3.85. The molecule has 2 aliphatic rings. The van der Waals surface area contributed by atoms with Crippen molar-refractivity contribution in [2.75, 3.05) is 13.1 Å². The Hall–Kier alpha value is -2.09. The molecule has 4 nitrogen and oxygen atoms in total. The maximum Gasteiger partial charge on any atom is 0.417 e. The van der Waals surface area contributed by atoms with Gasteiger partial charge in [0, 0.05) is 19.1 Å². The third-order valence-electron chi connectivity index (χ3n) is 5.50. The Balaban J connectivity index is 1.51. The number of hydrogen-bond donors (Lipinski definition) is 2. The summed E-state index contributed by atoms with van der Waals surface area (Å²) in [6.45, 7) is 0.881. The van der Waals surface area contributed by atoms with Gasteiger partial charge in [-0.1, -0.05) is 48.0 Å². The maximum absolute atomic E-state index is 13.1. The molecular formula is C20H19ClF3N3O. The fraction of sp³-hybridized carbons (Fsp3) is 0.350. The van der Waals surface area contributed by atoms with E-state index in [1.54, 1.807) is 4.90 Å². The minimum atomic E-state index is -4.60. The van der Waals surface area contributed by atoms with Crippen LogP contribution in [0, 0.1) is 5.92 Å². The van der Waals surface area contributed by atoms with Crippen molar-refractivity contribution < 1.29 is 18.0 Å². The van der Waals surface area contributed by atoms with E-state index in [0.717, 1.165) is 12.5 Å². The Labute approximate surface area is 165 Å². The van der Waals surface area contributed by atoms with Crippen LogP contribution >= 0.6 is 11.6 Å². The van der Waals surface area contributed by atoms with E-state index in [9.17, 15) is 18.0 Å². The van der Waals surface area contributed by atoms with Crippen LogP contribution in [0.25, 0.3) is 0 Å². The van der Waals surface area contributed by atoms with Gasteiger partial charge >= 0.3 is 6.18 Å². The number of halogens is 4. The smallest absolute Gasteiger partial charge is 0.337 e. The quantitative estimate of drug-likeness (QED) is 0.787. The average molecular weight is 410 g/mol. The first kappa shape index (κ1) is 19.2. The fourth-order valence-corrected chi connectivity index (χ4v) is 4.40. The summed E-state index contributed by atoms with van der Waals surface area (Å²) in [6, 6.07) is 13.7. The van der Waals surface area contributed by atoms with Gasteiger partial charge in [-0.3, -0.25) is 10.2 Å². The highest BCUT2D eigenvalue weighted by atomic mass is 35.5. The van der Waals surface area contributed by atoms with Crippen LogP contribution in [0.1, 0.15) is 33.9 Å². The van der Waals surface area contributed by atoms with Gasteiger partial charge in [-0.25, -0.2) is 5.43 Å². The fourth-order valence-electron chi connectivity index (χ4n) is 4.09. The Kier molecular flexibility index (Phi) is 5.07. The molecule has 1 amide bonds. The van der Waals surface area contributed by atoms with Gasteiger partial charge in [0.1, 0.15) is 0 Å². The normalized spacial score (nSPS) is 24.9. The minimum absolute atomic E-state index is 0.0208. The van der Waals surface area contributed by atoms with E-state index in [-0.39, 0.29) is 17.6 Å². The van der Waals surface area contributed by atoms with Crippen LogP contribution in [0.4, 0.5) is 13.2 Å². The Morgan fingerprint density at radius 1 is 1.07 bits per heavy atom. The molecule has 0 radical (unpaired) electrons. The summed E-state index contributed by atoms with van der Waals surface area (Å²) >= 11 is 5.93. The minimum Gasteiger partial charge on any atom is -0.337 e. The van der Waals surface area contributed by atoms with Gasteiger partial charge in [0.2, 0.25) is 0 Å². The number of carbonyl (C=O) groups is 1. The third-order valence-corrected chi connectivity index (χ3v) is 5.91. The molecule has 2 saturated heterocycles. The Morgan fingerprint density at radius 2 is 1.82 bits per heavy atom. The molecule has 8 heteroatoms. The summed E-state index contributed by atoms with van der Waals surface area (Å²) in [7, 11) is 0. The van der Waals surface area contributed by atoms with Crippen molar-refractivity contribution in [3.05, 3.63) is 70.2 Å². The molecule has 2 fully saturated rings. The van der Waals surface area contributed by atoms with E-state index in [2.05, 4.69) is 23.0 Å². The highest BCUT2D eigenvalue weighted by Crippen LogP contribution is 2.38. The number of nitrogens with one attached hydrogen (secondary N) is 2. The zero-order valence-electron chi connectivity index (χ0n) is 14.8. The molecule has 148 valence electrons. The van der Waals surface area contributed by atoms with Crippen LogP contribution in [0.15, 0.2) is 48.5 Å². The predicted molar refractivity (Wildman–Crippen MR) is 99.7 cm³/mol. The third kappa shape index (κ3) is 3.50. The van der Waals surface area contributed by atoms with E-state index in [0.29, 0.717) is 19.0 Å². The number of hydrogen-bond acceptors (Lipinski definition) is 3. The van der Waals surface area contributed by atoms with Crippen molar-refractivity contribution in [2.45, 2.75) is 24.7 Å². The molecule has 3 unspecified atom stereocenters. The SMILES string of the molecule is O=C(c1cccc(C(F)(F)F)c1Cl)N1CCC2C(C1)NNC2c1ccccc1. The largest absolute Gasteiger partial charge is 0.417 e. The molecule has 0 bridgehead atoms. The van der Waals surface area contributed by atoms with Crippen molar-refractivity contribution in [2.24, 2.45) is 5.92 Å².